The molecule has 0 aliphatic rings. The second-order valence-electron chi connectivity index (χ2n) is 4.89. The summed E-state index contributed by atoms with van der Waals surface area (Å²) >= 11 is 5.32. The number of benzene rings is 3. The number of hydrogen-bond acceptors (Lipinski definition) is 2. The maximum atomic E-state index is 14.0. The fraction of sp³-hybridized carbons (Fsp3) is 0. The van der Waals surface area contributed by atoms with Crippen LogP contribution in [0.4, 0.5) is 4.39 Å². The largest absolute Gasteiger partial charge is 1.00 e. The standard InChI is InChI=1S/C18H14FOPS.Li/c19-14-11-12-18(22)17(13-14)21(20,15-7-3-1-4-8-15)16-9-5-2-6-10-16;/h1-13,22H;/q;+1/p-1. The summed E-state index contributed by atoms with van der Waals surface area (Å²) in [6.45, 7) is 0. The first-order valence-corrected chi connectivity index (χ1v) is 8.92. The SMILES string of the molecule is O=P(c1ccccc1)(c1ccccc1)c1cc(F)ccc1[S-].[Li+]. The van der Waals surface area contributed by atoms with Crippen LogP contribution in [0.1, 0.15) is 0 Å². The molecule has 0 fully saturated rings. The van der Waals surface area contributed by atoms with E-state index in [1.54, 1.807) is 24.3 Å². The molecule has 0 bridgehead atoms. The number of hydrogen-bond donors (Lipinski definition) is 0. The van der Waals surface area contributed by atoms with Gasteiger partial charge in [0.1, 0.15) is 5.82 Å². The Morgan fingerprint density at radius 2 is 1.26 bits per heavy atom. The summed E-state index contributed by atoms with van der Waals surface area (Å²) in [6.07, 6.45) is 0. The summed E-state index contributed by atoms with van der Waals surface area (Å²) in [6, 6.07) is 22.3. The second-order valence-corrected chi connectivity index (χ2v) is 8.07. The van der Waals surface area contributed by atoms with Gasteiger partial charge in [0.05, 0.1) is 0 Å². The molecule has 1 nitrogen and oxygen atoms in total. The van der Waals surface area contributed by atoms with Crippen molar-refractivity contribution in [3.63, 3.8) is 0 Å². The Labute approximate surface area is 152 Å². The van der Waals surface area contributed by atoms with Crippen molar-refractivity contribution in [3.8, 4) is 0 Å². The molecule has 0 atom stereocenters. The van der Waals surface area contributed by atoms with Crippen LogP contribution in [0.5, 0.6) is 0 Å². The van der Waals surface area contributed by atoms with Gasteiger partial charge in [0.15, 0.2) is 7.14 Å². The minimum atomic E-state index is -3.19. The van der Waals surface area contributed by atoms with Gasteiger partial charge in [0.25, 0.3) is 0 Å². The molecule has 0 spiro atoms. The Balaban J connectivity index is 0.00000192. The molecule has 0 aliphatic heterocycles. The third-order valence-electron chi connectivity index (χ3n) is 3.50. The van der Waals surface area contributed by atoms with Crippen LogP contribution < -0.4 is 34.8 Å². The van der Waals surface area contributed by atoms with E-state index in [1.165, 1.54) is 18.2 Å². The average Bonchev–Trinajstić information content (AvgIpc) is 2.58. The molecule has 5 heteroatoms. The fourth-order valence-electron chi connectivity index (χ4n) is 2.44. The summed E-state index contributed by atoms with van der Waals surface area (Å²) in [5, 5.41) is 1.68. The van der Waals surface area contributed by atoms with Crippen molar-refractivity contribution in [2.45, 2.75) is 4.90 Å². The maximum absolute atomic E-state index is 14.0. The molecule has 0 aliphatic carbocycles. The molecule has 0 saturated heterocycles. The minimum Gasteiger partial charge on any atom is -0.779 e. The van der Waals surface area contributed by atoms with E-state index in [0.29, 0.717) is 20.8 Å². The van der Waals surface area contributed by atoms with E-state index in [0.717, 1.165) is 0 Å². The molecule has 0 aromatic heterocycles. The van der Waals surface area contributed by atoms with Crippen LogP contribution in [0.15, 0.2) is 83.8 Å². The predicted molar refractivity (Wildman–Crippen MR) is 91.4 cm³/mol. The van der Waals surface area contributed by atoms with Crippen molar-refractivity contribution in [1.29, 1.82) is 0 Å². The Morgan fingerprint density at radius 3 is 1.74 bits per heavy atom. The van der Waals surface area contributed by atoms with Crippen molar-refractivity contribution >= 4 is 35.7 Å². The van der Waals surface area contributed by atoms with Crippen LogP contribution in [0.25, 0.3) is 0 Å². The molecule has 0 N–H and O–H groups in total. The van der Waals surface area contributed by atoms with Gasteiger partial charge in [-0.2, -0.15) is 4.90 Å². The third kappa shape index (κ3) is 3.44. The Hall–Kier alpha value is -1.36. The van der Waals surface area contributed by atoms with Crippen LogP contribution in [0.2, 0.25) is 0 Å². The molecule has 3 aromatic rings. The van der Waals surface area contributed by atoms with E-state index in [9.17, 15) is 8.96 Å². The zero-order valence-corrected chi connectivity index (χ0v) is 14.4. The van der Waals surface area contributed by atoms with Gasteiger partial charge in [-0.05, 0) is 12.1 Å². The van der Waals surface area contributed by atoms with Crippen LogP contribution >= 0.6 is 7.14 Å². The van der Waals surface area contributed by atoms with Crippen LogP contribution in [0, 0.1) is 5.82 Å². The van der Waals surface area contributed by atoms with Gasteiger partial charge in [-0.25, -0.2) is 4.39 Å². The molecular weight excluding hydrogens is 321 g/mol. The monoisotopic (exact) mass is 334 g/mol. The third-order valence-corrected chi connectivity index (χ3v) is 7.11. The van der Waals surface area contributed by atoms with Crippen LogP contribution in [-0.4, -0.2) is 0 Å². The fourth-order valence-corrected chi connectivity index (χ4v) is 5.68. The van der Waals surface area contributed by atoms with E-state index in [-0.39, 0.29) is 18.9 Å². The molecule has 0 unspecified atom stereocenters. The topological polar surface area (TPSA) is 17.1 Å². The summed E-state index contributed by atoms with van der Waals surface area (Å²) in [7, 11) is -3.19. The molecule has 0 amide bonds. The summed E-state index contributed by atoms with van der Waals surface area (Å²) in [4.78, 5) is 0.414. The van der Waals surface area contributed by atoms with Gasteiger partial charge in [-0.15, -0.1) is 0 Å². The molecule has 23 heavy (non-hydrogen) atoms. The first-order valence-electron chi connectivity index (χ1n) is 6.81. The zero-order valence-electron chi connectivity index (χ0n) is 12.6. The van der Waals surface area contributed by atoms with E-state index in [2.05, 4.69) is 0 Å². The molecule has 0 heterocycles. The van der Waals surface area contributed by atoms with E-state index in [1.807, 2.05) is 36.4 Å². The average molecular weight is 334 g/mol. The number of rotatable bonds is 3. The molecule has 3 aromatic carbocycles. The Kier molecular flexibility index (Phi) is 5.84. The van der Waals surface area contributed by atoms with Gasteiger partial charge in [-0.1, -0.05) is 66.7 Å². The molecule has 0 radical (unpaired) electrons. The van der Waals surface area contributed by atoms with E-state index in [4.69, 9.17) is 12.6 Å². The summed E-state index contributed by atoms with van der Waals surface area (Å²) in [5.41, 5.74) is 0. The van der Waals surface area contributed by atoms with Crippen LogP contribution in [-0.2, 0) is 17.2 Å². The summed E-state index contributed by atoms with van der Waals surface area (Å²) in [5.74, 6) is -0.435. The number of halogens is 1. The van der Waals surface area contributed by atoms with Crippen molar-refractivity contribution in [2.24, 2.45) is 0 Å². The second kappa shape index (κ2) is 7.47. The van der Waals surface area contributed by atoms with Crippen LogP contribution in [0.3, 0.4) is 0 Å². The first kappa shape index (κ1) is 18.0. The first-order chi connectivity index (χ1) is 10.6. The van der Waals surface area contributed by atoms with Crippen molar-refractivity contribution in [1.82, 2.24) is 0 Å². The van der Waals surface area contributed by atoms with Crippen molar-refractivity contribution in [2.75, 3.05) is 0 Å². The van der Waals surface area contributed by atoms with Crippen molar-refractivity contribution < 1.29 is 27.8 Å². The Bertz CT molecular complexity index is 797. The van der Waals surface area contributed by atoms with Crippen molar-refractivity contribution in [3.05, 3.63) is 84.7 Å². The predicted octanol–water partition coefficient (Wildman–Crippen LogP) is 0.375. The zero-order chi connectivity index (χ0) is 15.6. The van der Waals surface area contributed by atoms with Gasteiger partial charge in [-0.3, -0.25) is 0 Å². The minimum absolute atomic E-state index is 0. The van der Waals surface area contributed by atoms with Gasteiger partial charge >= 0.3 is 18.9 Å². The van der Waals surface area contributed by atoms with Gasteiger partial charge in [0, 0.05) is 15.9 Å². The quantitative estimate of drug-likeness (QED) is 0.391. The molecule has 3 rings (SSSR count). The Morgan fingerprint density at radius 1 is 0.783 bits per heavy atom. The van der Waals surface area contributed by atoms with Gasteiger partial charge < -0.3 is 17.2 Å². The molecular formula is C18H13FLiOPS. The van der Waals surface area contributed by atoms with E-state index >= 15 is 0 Å². The maximum Gasteiger partial charge on any atom is 1.00 e. The summed E-state index contributed by atoms with van der Waals surface area (Å²) < 4.78 is 27.7. The molecule has 0 saturated carbocycles. The van der Waals surface area contributed by atoms with Gasteiger partial charge in [0.2, 0.25) is 0 Å². The smallest absolute Gasteiger partial charge is 0.779 e. The van der Waals surface area contributed by atoms with E-state index < -0.39 is 13.0 Å². The molecule has 110 valence electrons. The normalized spacial score (nSPS) is 10.8.